The second-order valence-electron chi connectivity index (χ2n) is 13.0. The summed E-state index contributed by atoms with van der Waals surface area (Å²) in [7, 11) is 0. The maximum absolute atomic E-state index is 5.52. The molecule has 2 unspecified atom stereocenters. The Morgan fingerprint density at radius 1 is 0.275 bits per heavy atom. The number of rotatable bonds is 5. The van der Waals surface area contributed by atoms with Crippen LogP contribution in [0.1, 0.15) is 68.7 Å². The first kappa shape index (κ1) is 30.5. The minimum Gasteiger partial charge on any atom is -0.260 e. The van der Waals surface area contributed by atoms with Gasteiger partial charge >= 0.3 is 0 Å². The zero-order chi connectivity index (χ0) is 34.0. The predicted octanol–water partition coefficient (Wildman–Crippen LogP) is 10.5. The molecule has 0 N–H and O–H groups in total. The molecule has 1 aliphatic heterocycles. The molecule has 4 aromatic carbocycles. The molecule has 0 saturated heterocycles. The lowest BCUT2D eigenvalue weighted by Crippen LogP contribution is -2.17. The van der Waals surface area contributed by atoms with Crippen LogP contribution in [-0.2, 0) is 0 Å². The number of benzene rings is 4. The molecule has 0 spiro atoms. The number of nitrogens with zero attached hydrogens (tertiary/aromatic N) is 4. The van der Waals surface area contributed by atoms with Crippen molar-refractivity contribution in [1.29, 1.82) is 0 Å². The van der Waals surface area contributed by atoms with Crippen molar-refractivity contribution in [2.75, 3.05) is 0 Å². The van der Waals surface area contributed by atoms with Crippen LogP contribution >= 0.6 is 0 Å². The molecule has 8 aromatic rings. The molecule has 0 aliphatic carbocycles. The van der Waals surface area contributed by atoms with Crippen LogP contribution in [0.5, 0.6) is 0 Å². The first-order valence-corrected chi connectivity index (χ1v) is 17.4. The normalized spacial score (nSPS) is 16.4. The van der Waals surface area contributed by atoms with Gasteiger partial charge in [0.1, 0.15) is 0 Å². The fraction of sp³-hybridized carbons (Fsp3) is 0.0638. The number of hydrogen-bond donors (Lipinski definition) is 0. The van der Waals surface area contributed by atoms with E-state index in [1.165, 1.54) is 11.1 Å². The van der Waals surface area contributed by atoms with Crippen molar-refractivity contribution in [2.45, 2.75) is 17.8 Å². The van der Waals surface area contributed by atoms with E-state index in [4.69, 9.17) is 19.9 Å². The first-order chi connectivity index (χ1) is 25.3. The van der Waals surface area contributed by atoms with Gasteiger partial charge in [0.05, 0.1) is 57.6 Å². The SMILES string of the molecule is c1ccc(-c2cccc(C3c4cccc(n4)C(c4cccc(-c5ccccc5)c4)c4cccc(n4)C(c4ccccn4)c4cccc3n4)c2)cc1. The van der Waals surface area contributed by atoms with Gasteiger partial charge in [-0.3, -0.25) is 19.9 Å². The lowest BCUT2D eigenvalue weighted by molar-refractivity contribution is 0.762. The van der Waals surface area contributed by atoms with Crippen LogP contribution in [0.3, 0.4) is 0 Å². The van der Waals surface area contributed by atoms with Crippen molar-refractivity contribution < 1.29 is 0 Å². The fourth-order valence-corrected chi connectivity index (χ4v) is 7.42. The van der Waals surface area contributed by atoms with Gasteiger partial charge in [0.15, 0.2) is 0 Å². The van der Waals surface area contributed by atoms with Gasteiger partial charge in [0.2, 0.25) is 0 Å². The average molecular weight is 655 g/mol. The van der Waals surface area contributed by atoms with E-state index in [1.54, 1.807) is 0 Å². The molecule has 0 saturated carbocycles. The third-order valence-electron chi connectivity index (χ3n) is 9.79. The van der Waals surface area contributed by atoms with Crippen LogP contribution in [0.4, 0.5) is 0 Å². The van der Waals surface area contributed by atoms with Crippen LogP contribution in [-0.4, -0.2) is 19.9 Å². The largest absolute Gasteiger partial charge is 0.260 e. The number of aromatic nitrogens is 4. The van der Waals surface area contributed by atoms with Crippen molar-refractivity contribution in [3.05, 3.63) is 239 Å². The van der Waals surface area contributed by atoms with Crippen molar-refractivity contribution in [3.63, 3.8) is 0 Å². The van der Waals surface area contributed by atoms with Gasteiger partial charge in [-0.1, -0.05) is 133 Å². The zero-order valence-corrected chi connectivity index (χ0v) is 27.9. The summed E-state index contributed by atoms with van der Waals surface area (Å²) < 4.78 is 0. The van der Waals surface area contributed by atoms with E-state index < -0.39 is 0 Å². The third kappa shape index (κ3) is 6.02. The molecular weight excluding hydrogens is 621 g/mol. The summed E-state index contributed by atoms with van der Waals surface area (Å²) in [6.45, 7) is 0. The molecule has 9 rings (SSSR count). The second kappa shape index (κ2) is 13.4. The van der Waals surface area contributed by atoms with Crippen LogP contribution < -0.4 is 0 Å². The minimum atomic E-state index is -0.260. The molecule has 6 bridgehead atoms. The molecular formula is C47H34N4. The smallest absolute Gasteiger partial charge is 0.0858 e. The van der Waals surface area contributed by atoms with E-state index in [0.29, 0.717) is 0 Å². The Morgan fingerprint density at radius 3 is 1.04 bits per heavy atom. The van der Waals surface area contributed by atoms with Crippen molar-refractivity contribution in [2.24, 2.45) is 0 Å². The molecule has 2 atom stereocenters. The summed E-state index contributed by atoms with van der Waals surface area (Å²) in [5.74, 6) is -0.676. The summed E-state index contributed by atoms with van der Waals surface area (Å²) in [4.78, 5) is 21.2. The second-order valence-corrected chi connectivity index (χ2v) is 13.0. The van der Waals surface area contributed by atoms with Crippen molar-refractivity contribution in [1.82, 2.24) is 19.9 Å². The Kier molecular flexibility index (Phi) is 8.03. The van der Waals surface area contributed by atoms with E-state index in [9.17, 15) is 0 Å². The summed E-state index contributed by atoms with van der Waals surface area (Å²) in [6.07, 6.45) is 1.85. The maximum atomic E-state index is 5.52. The van der Waals surface area contributed by atoms with Gasteiger partial charge in [-0.15, -0.1) is 0 Å². The van der Waals surface area contributed by atoms with E-state index in [0.717, 1.165) is 62.1 Å². The van der Waals surface area contributed by atoms with Crippen molar-refractivity contribution >= 4 is 0 Å². The van der Waals surface area contributed by atoms with E-state index >= 15 is 0 Å². The number of fused-ring (bicyclic) bond motifs is 6. The highest BCUT2D eigenvalue weighted by Crippen LogP contribution is 2.39. The van der Waals surface area contributed by atoms with Crippen LogP contribution in [0, 0.1) is 0 Å². The maximum Gasteiger partial charge on any atom is 0.0858 e. The van der Waals surface area contributed by atoms with Crippen LogP contribution in [0.2, 0.25) is 0 Å². The van der Waals surface area contributed by atoms with E-state index in [2.05, 4.69) is 170 Å². The molecule has 0 amide bonds. The molecule has 5 heterocycles. The third-order valence-corrected chi connectivity index (χ3v) is 9.79. The molecule has 242 valence electrons. The lowest BCUT2D eigenvalue weighted by Gasteiger charge is -2.25. The van der Waals surface area contributed by atoms with Crippen LogP contribution in [0.15, 0.2) is 188 Å². The average Bonchev–Trinajstić information content (AvgIpc) is 3.20. The summed E-state index contributed by atoms with van der Waals surface area (Å²) in [6, 6.07) is 63.9. The van der Waals surface area contributed by atoms with Gasteiger partial charge in [-0.2, -0.15) is 0 Å². The Bertz CT molecular complexity index is 2290. The molecule has 4 aromatic heterocycles. The monoisotopic (exact) mass is 654 g/mol. The molecule has 4 nitrogen and oxygen atoms in total. The minimum absolute atomic E-state index is 0.208. The molecule has 1 aliphatic rings. The Labute approximate surface area is 298 Å². The fourth-order valence-electron chi connectivity index (χ4n) is 7.42. The van der Waals surface area contributed by atoms with Crippen molar-refractivity contribution in [3.8, 4) is 22.3 Å². The highest BCUT2D eigenvalue weighted by atomic mass is 14.8. The number of hydrogen-bond acceptors (Lipinski definition) is 4. The molecule has 0 radical (unpaired) electrons. The van der Waals surface area contributed by atoms with E-state index in [-0.39, 0.29) is 17.8 Å². The first-order valence-electron chi connectivity index (χ1n) is 17.4. The lowest BCUT2D eigenvalue weighted by atomic mass is 9.85. The molecule has 51 heavy (non-hydrogen) atoms. The Balaban J connectivity index is 1.30. The summed E-state index contributed by atoms with van der Waals surface area (Å²) in [5, 5.41) is 0. The molecule has 4 heteroatoms. The Hall–Kier alpha value is -6.52. The van der Waals surface area contributed by atoms with Crippen LogP contribution in [0.25, 0.3) is 22.3 Å². The van der Waals surface area contributed by atoms with Gasteiger partial charge in [-0.05, 0) is 81.9 Å². The zero-order valence-electron chi connectivity index (χ0n) is 27.9. The highest BCUT2D eigenvalue weighted by Gasteiger charge is 2.29. The summed E-state index contributed by atoms with van der Waals surface area (Å²) >= 11 is 0. The summed E-state index contributed by atoms with van der Waals surface area (Å²) in [5.41, 5.74) is 13.4. The van der Waals surface area contributed by atoms with Gasteiger partial charge in [-0.25, -0.2) is 0 Å². The topological polar surface area (TPSA) is 51.6 Å². The van der Waals surface area contributed by atoms with Gasteiger partial charge in [0, 0.05) is 6.20 Å². The number of pyridine rings is 4. The highest BCUT2D eigenvalue weighted by molar-refractivity contribution is 5.66. The standard InChI is InChI=1S/C47H34N4/c1-3-14-32(15-4-1)34-18-9-20-36(30-34)45-39-23-11-24-40(49-39)46(37-21-10-19-35(31-37)33-16-5-2-6-17-33)42-26-13-28-44(51-42)47(38-22-7-8-29-48-38)43-27-12-25-41(45)50-43/h1-31,45-47H. The van der Waals surface area contributed by atoms with Gasteiger partial charge in [0.25, 0.3) is 0 Å². The van der Waals surface area contributed by atoms with E-state index in [1.807, 2.05) is 18.3 Å². The quantitative estimate of drug-likeness (QED) is 0.185. The predicted molar refractivity (Wildman–Crippen MR) is 204 cm³/mol. The van der Waals surface area contributed by atoms with Gasteiger partial charge < -0.3 is 0 Å². The molecule has 0 fully saturated rings. The Morgan fingerprint density at radius 2 is 0.627 bits per heavy atom.